The van der Waals surface area contributed by atoms with Gasteiger partial charge in [-0.15, -0.1) is 11.8 Å². The van der Waals surface area contributed by atoms with Crippen LogP contribution < -0.4 is 5.32 Å². The molecule has 2 N–H and O–H groups in total. The van der Waals surface area contributed by atoms with E-state index in [0.717, 1.165) is 25.7 Å². The molecule has 3 aliphatic rings. The average molecular weight is 373 g/mol. The zero-order valence-corrected chi connectivity index (χ0v) is 15.3. The molecule has 1 unspecified atom stereocenters. The van der Waals surface area contributed by atoms with E-state index in [9.17, 15) is 9.59 Å². The summed E-state index contributed by atoms with van der Waals surface area (Å²) >= 11 is 1.53. The summed E-state index contributed by atoms with van der Waals surface area (Å²) in [5.41, 5.74) is 2.51. The van der Waals surface area contributed by atoms with Crippen molar-refractivity contribution in [1.82, 2.24) is 10.2 Å². The molecule has 4 rings (SSSR count). The Morgan fingerprint density at radius 1 is 1.27 bits per heavy atom. The van der Waals surface area contributed by atoms with Crippen molar-refractivity contribution in [3.63, 3.8) is 0 Å². The smallest absolute Gasteiger partial charge is 0.241 e. The number of hydrogen-bond donors (Lipinski definition) is 2. The molecular formula is C19H23N3O3S. The summed E-state index contributed by atoms with van der Waals surface area (Å²) in [6.07, 6.45) is 4.65. The summed E-state index contributed by atoms with van der Waals surface area (Å²) in [7, 11) is 0. The van der Waals surface area contributed by atoms with Gasteiger partial charge in [0.15, 0.2) is 5.78 Å². The van der Waals surface area contributed by atoms with Gasteiger partial charge in [0, 0.05) is 18.3 Å². The predicted molar refractivity (Wildman–Crippen MR) is 101 cm³/mol. The number of fused-ring (bicyclic) bond motifs is 1. The number of ketones is 1. The number of rotatable bonds is 4. The SMILES string of the molecule is O=C(C1Cc2ccccc2C1)C1SCN[C@@H]1C(=O)N1CCC[C@H]1C=NO. The summed E-state index contributed by atoms with van der Waals surface area (Å²) in [6, 6.07) is 7.55. The minimum atomic E-state index is -0.482. The van der Waals surface area contributed by atoms with E-state index in [1.807, 2.05) is 12.1 Å². The van der Waals surface area contributed by atoms with Crippen molar-refractivity contribution in [3.8, 4) is 0 Å². The van der Waals surface area contributed by atoms with Crippen LogP contribution in [0.2, 0.25) is 0 Å². The number of nitrogens with one attached hydrogen (secondary N) is 1. The topological polar surface area (TPSA) is 82.0 Å². The molecule has 1 aromatic carbocycles. The maximum absolute atomic E-state index is 13.2. The van der Waals surface area contributed by atoms with Gasteiger partial charge in [-0.3, -0.25) is 14.9 Å². The van der Waals surface area contributed by atoms with Crippen LogP contribution in [0, 0.1) is 5.92 Å². The predicted octanol–water partition coefficient (Wildman–Crippen LogP) is 1.45. The molecule has 1 aromatic rings. The Morgan fingerprint density at radius 2 is 2.00 bits per heavy atom. The number of carbonyl (C=O) groups is 2. The summed E-state index contributed by atoms with van der Waals surface area (Å²) in [6.45, 7) is 0.647. The van der Waals surface area contributed by atoms with Crippen LogP contribution in [0.4, 0.5) is 0 Å². The van der Waals surface area contributed by atoms with E-state index in [1.54, 1.807) is 4.90 Å². The van der Waals surface area contributed by atoms with Crippen LogP contribution in [0.15, 0.2) is 29.4 Å². The highest BCUT2D eigenvalue weighted by atomic mass is 32.2. The van der Waals surface area contributed by atoms with Gasteiger partial charge in [-0.2, -0.15) is 0 Å². The Kier molecular flexibility index (Phi) is 5.00. The quantitative estimate of drug-likeness (QED) is 0.474. The van der Waals surface area contributed by atoms with E-state index >= 15 is 0 Å². The van der Waals surface area contributed by atoms with E-state index in [2.05, 4.69) is 22.6 Å². The molecule has 1 aliphatic carbocycles. The van der Waals surface area contributed by atoms with Crippen molar-refractivity contribution in [2.75, 3.05) is 12.4 Å². The monoisotopic (exact) mass is 373 g/mol. The van der Waals surface area contributed by atoms with Gasteiger partial charge in [0.1, 0.15) is 6.04 Å². The van der Waals surface area contributed by atoms with Gasteiger partial charge >= 0.3 is 0 Å². The normalized spacial score (nSPS) is 28.8. The average Bonchev–Trinajstić information content (AvgIpc) is 3.39. The van der Waals surface area contributed by atoms with Crippen LogP contribution in [0.5, 0.6) is 0 Å². The van der Waals surface area contributed by atoms with Crippen LogP contribution in [-0.2, 0) is 22.4 Å². The Bertz CT molecular complexity index is 713. The molecule has 138 valence electrons. The van der Waals surface area contributed by atoms with Crippen molar-refractivity contribution in [1.29, 1.82) is 0 Å². The minimum absolute atomic E-state index is 0.0338. The summed E-state index contributed by atoms with van der Waals surface area (Å²) in [5, 5.41) is 14.8. The molecule has 26 heavy (non-hydrogen) atoms. The van der Waals surface area contributed by atoms with Crippen LogP contribution in [-0.4, -0.2) is 57.8 Å². The zero-order valence-electron chi connectivity index (χ0n) is 14.5. The maximum atomic E-state index is 13.2. The van der Waals surface area contributed by atoms with Crippen LogP contribution in [0.1, 0.15) is 24.0 Å². The van der Waals surface area contributed by atoms with Crippen LogP contribution in [0.25, 0.3) is 0 Å². The summed E-state index contributed by atoms with van der Waals surface area (Å²) in [5.74, 6) is 0.708. The van der Waals surface area contributed by atoms with Gasteiger partial charge in [-0.25, -0.2) is 0 Å². The molecule has 0 radical (unpaired) electrons. The lowest BCUT2D eigenvalue weighted by molar-refractivity contribution is -0.135. The Balaban J connectivity index is 1.47. The van der Waals surface area contributed by atoms with Gasteiger partial charge in [-0.05, 0) is 36.8 Å². The third kappa shape index (κ3) is 3.14. The second kappa shape index (κ2) is 7.40. The van der Waals surface area contributed by atoms with Crippen molar-refractivity contribution in [3.05, 3.63) is 35.4 Å². The van der Waals surface area contributed by atoms with Gasteiger partial charge in [0.05, 0.1) is 17.5 Å². The largest absolute Gasteiger partial charge is 0.411 e. The lowest BCUT2D eigenvalue weighted by Gasteiger charge is -2.27. The Hall–Kier alpha value is -1.86. The van der Waals surface area contributed by atoms with E-state index in [4.69, 9.17) is 5.21 Å². The molecule has 2 saturated heterocycles. The highest BCUT2D eigenvalue weighted by molar-refractivity contribution is 8.00. The number of amides is 1. The molecular weight excluding hydrogens is 350 g/mol. The number of carbonyl (C=O) groups excluding carboxylic acids is 2. The van der Waals surface area contributed by atoms with E-state index in [-0.39, 0.29) is 28.9 Å². The lowest BCUT2D eigenvalue weighted by atomic mass is 9.94. The first-order chi connectivity index (χ1) is 12.7. The molecule has 0 aromatic heterocycles. The van der Waals surface area contributed by atoms with Crippen molar-refractivity contribution in [2.24, 2.45) is 11.1 Å². The summed E-state index contributed by atoms with van der Waals surface area (Å²) in [4.78, 5) is 27.9. The molecule has 1 amide bonds. The van der Waals surface area contributed by atoms with Gasteiger partial charge < -0.3 is 10.1 Å². The first-order valence-corrected chi connectivity index (χ1v) is 10.2. The van der Waals surface area contributed by atoms with Crippen molar-refractivity contribution in [2.45, 2.75) is 43.0 Å². The Labute approximate surface area is 157 Å². The van der Waals surface area contributed by atoms with Gasteiger partial charge in [0.2, 0.25) is 5.91 Å². The number of likely N-dealkylation sites (tertiary alicyclic amines) is 1. The molecule has 2 aliphatic heterocycles. The number of Topliss-reactive ketones (excluding diaryl/α,β-unsaturated/α-hetero) is 1. The first-order valence-electron chi connectivity index (χ1n) is 9.12. The van der Waals surface area contributed by atoms with Crippen LogP contribution >= 0.6 is 11.8 Å². The fraction of sp³-hybridized carbons (Fsp3) is 0.526. The second-order valence-corrected chi connectivity index (χ2v) is 8.33. The van der Waals surface area contributed by atoms with Crippen LogP contribution in [0.3, 0.4) is 0 Å². The highest BCUT2D eigenvalue weighted by Crippen LogP contribution is 2.33. The first kappa shape index (κ1) is 17.5. The van der Waals surface area contributed by atoms with E-state index in [0.29, 0.717) is 12.4 Å². The molecule has 0 bridgehead atoms. The number of hydrogen-bond acceptors (Lipinski definition) is 6. The zero-order chi connectivity index (χ0) is 18.1. The third-order valence-electron chi connectivity index (χ3n) is 5.69. The van der Waals surface area contributed by atoms with Gasteiger partial charge in [-0.1, -0.05) is 29.4 Å². The van der Waals surface area contributed by atoms with E-state index in [1.165, 1.54) is 29.1 Å². The standard InChI is InChI=1S/C19H23N3O3S/c23-17(14-8-12-4-1-2-5-13(12)9-14)18-16(20-11-26-18)19(24)22-7-3-6-15(22)10-21-25/h1-2,4-5,10,14-16,18,20,25H,3,6-9,11H2/t15-,16-,18?/m0/s1. The van der Waals surface area contributed by atoms with Gasteiger partial charge in [0.25, 0.3) is 0 Å². The number of nitrogens with zero attached hydrogens (tertiary/aromatic N) is 2. The fourth-order valence-electron chi connectivity index (χ4n) is 4.36. The fourth-order valence-corrected chi connectivity index (χ4v) is 5.58. The molecule has 2 heterocycles. The number of oxime groups is 1. The second-order valence-electron chi connectivity index (χ2n) is 7.20. The van der Waals surface area contributed by atoms with Crippen molar-refractivity contribution >= 4 is 29.7 Å². The Morgan fingerprint density at radius 3 is 2.69 bits per heavy atom. The molecule has 2 fully saturated rings. The highest BCUT2D eigenvalue weighted by Gasteiger charge is 2.45. The molecule has 3 atom stereocenters. The minimum Gasteiger partial charge on any atom is -0.411 e. The van der Waals surface area contributed by atoms with E-state index < -0.39 is 6.04 Å². The summed E-state index contributed by atoms with van der Waals surface area (Å²) < 4.78 is 0. The van der Waals surface area contributed by atoms with Crippen molar-refractivity contribution < 1.29 is 14.8 Å². The molecule has 0 saturated carbocycles. The number of benzene rings is 1. The lowest BCUT2D eigenvalue weighted by Crippen LogP contribution is -2.52. The third-order valence-corrected chi connectivity index (χ3v) is 6.89. The molecule has 0 spiro atoms. The number of thioether (sulfide) groups is 1. The molecule has 7 heteroatoms. The maximum Gasteiger partial charge on any atom is 0.241 e. The molecule has 6 nitrogen and oxygen atoms in total.